The monoisotopic (exact) mass is 332 g/mol. The molecule has 0 N–H and O–H groups in total. The number of likely N-dealkylation sites (tertiary alicyclic amines) is 1. The van der Waals surface area contributed by atoms with E-state index in [1.165, 1.54) is 38.5 Å². The number of aromatic nitrogens is 3. The molecule has 1 saturated carbocycles. The third kappa shape index (κ3) is 4.58. The maximum absolute atomic E-state index is 12.8. The van der Waals surface area contributed by atoms with Crippen LogP contribution in [-0.4, -0.2) is 38.9 Å². The number of hydrogen-bond acceptors (Lipinski definition) is 3. The molecule has 0 aromatic carbocycles. The zero-order valence-corrected chi connectivity index (χ0v) is 15.1. The predicted octanol–water partition coefficient (Wildman–Crippen LogP) is 3.44. The first-order valence-corrected chi connectivity index (χ1v) is 9.94. The number of piperidine rings is 1. The zero-order chi connectivity index (χ0) is 16.8. The van der Waals surface area contributed by atoms with E-state index in [2.05, 4.69) is 28.3 Å². The van der Waals surface area contributed by atoms with Gasteiger partial charge in [-0.15, -0.1) is 5.10 Å². The highest BCUT2D eigenvalue weighted by molar-refractivity contribution is 5.79. The van der Waals surface area contributed by atoms with Crippen molar-refractivity contribution < 1.29 is 4.79 Å². The Kier molecular flexibility index (Phi) is 6.27. The minimum atomic E-state index is 0.296. The van der Waals surface area contributed by atoms with Crippen LogP contribution in [0.15, 0.2) is 6.20 Å². The first-order valence-electron chi connectivity index (χ1n) is 9.94. The average Bonchev–Trinajstić information content (AvgIpc) is 3.07. The fourth-order valence-corrected chi connectivity index (χ4v) is 4.19. The molecule has 5 heteroatoms. The summed E-state index contributed by atoms with van der Waals surface area (Å²) in [6.07, 6.45) is 13.8. The maximum Gasteiger partial charge on any atom is 0.225 e. The molecular weight excluding hydrogens is 300 g/mol. The molecule has 2 heterocycles. The smallest absolute Gasteiger partial charge is 0.225 e. The van der Waals surface area contributed by atoms with Gasteiger partial charge < -0.3 is 4.90 Å². The lowest BCUT2D eigenvalue weighted by Gasteiger charge is -2.35. The zero-order valence-electron chi connectivity index (χ0n) is 15.1. The molecule has 24 heavy (non-hydrogen) atoms. The van der Waals surface area contributed by atoms with Crippen LogP contribution in [0, 0.1) is 11.8 Å². The highest BCUT2D eigenvalue weighted by atomic mass is 16.2. The van der Waals surface area contributed by atoms with Gasteiger partial charge in [0.05, 0.1) is 5.69 Å². The SMILES string of the molecule is CCCCc1cn(C[C@H]2CCCN(C(=O)C3CCCCC3)C2)nn1. The van der Waals surface area contributed by atoms with Crippen LogP contribution in [0.4, 0.5) is 0 Å². The molecule has 0 bridgehead atoms. The van der Waals surface area contributed by atoms with Crippen LogP contribution in [0.1, 0.15) is 70.4 Å². The van der Waals surface area contributed by atoms with E-state index in [-0.39, 0.29) is 0 Å². The Bertz CT molecular complexity index is 521. The summed E-state index contributed by atoms with van der Waals surface area (Å²) >= 11 is 0. The molecule has 1 amide bonds. The molecular formula is C19H32N4O. The molecule has 134 valence electrons. The summed E-state index contributed by atoms with van der Waals surface area (Å²) in [5.74, 6) is 1.23. The summed E-state index contributed by atoms with van der Waals surface area (Å²) in [6, 6.07) is 0. The Labute approximate surface area is 145 Å². The molecule has 2 aliphatic rings. The summed E-state index contributed by atoms with van der Waals surface area (Å²) in [4.78, 5) is 14.9. The quantitative estimate of drug-likeness (QED) is 0.802. The van der Waals surface area contributed by atoms with Gasteiger partial charge in [0, 0.05) is 31.7 Å². The number of aryl methyl sites for hydroxylation is 1. The topological polar surface area (TPSA) is 51.0 Å². The van der Waals surface area contributed by atoms with Gasteiger partial charge in [-0.1, -0.05) is 37.8 Å². The second-order valence-corrected chi connectivity index (χ2v) is 7.66. The van der Waals surface area contributed by atoms with Crippen molar-refractivity contribution in [3.05, 3.63) is 11.9 Å². The van der Waals surface area contributed by atoms with Crippen molar-refractivity contribution in [3.63, 3.8) is 0 Å². The molecule has 1 aromatic heterocycles. The minimum absolute atomic E-state index is 0.296. The van der Waals surface area contributed by atoms with Gasteiger partial charge in [0.15, 0.2) is 0 Å². The third-order valence-electron chi connectivity index (χ3n) is 5.60. The second-order valence-electron chi connectivity index (χ2n) is 7.66. The normalized spacial score (nSPS) is 22.7. The number of amides is 1. The van der Waals surface area contributed by atoms with Crippen molar-refractivity contribution in [2.75, 3.05) is 13.1 Å². The van der Waals surface area contributed by atoms with Gasteiger partial charge >= 0.3 is 0 Å². The fourth-order valence-electron chi connectivity index (χ4n) is 4.19. The summed E-state index contributed by atoms with van der Waals surface area (Å²) < 4.78 is 1.99. The largest absolute Gasteiger partial charge is 0.342 e. The molecule has 1 aliphatic carbocycles. The van der Waals surface area contributed by atoms with Crippen molar-refractivity contribution >= 4 is 5.91 Å². The van der Waals surface area contributed by atoms with Crippen LogP contribution in [0.3, 0.4) is 0 Å². The van der Waals surface area contributed by atoms with Crippen LogP contribution in [-0.2, 0) is 17.8 Å². The summed E-state index contributed by atoms with van der Waals surface area (Å²) in [5, 5.41) is 8.57. The van der Waals surface area contributed by atoms with Gasteiger partial charge in [0.2, 0.25) is 5.91 Å². The van der Waals surface area contributed by atoms with E-state index >= 15 is 0 Å². The molecule has 1 saturated heterocycles. The van der Waals surface area contributed by atoms with Crippen LogP contribution in [0.5, 0.6) is 0 Å². The van der Waals surface area contributed by atoms with E-state index in [0.717, 1.165) is 51.0 Å². The van der Waals surface area contributed by atoms with E-state index in [4.69, 9.17) is 0 Å². The lowest BCUT2D eigenvalue weighted by atomic mass is 9.87. The van der Waals surface area contributed by atoms with Gasteiger partial charge in [-0.05, 0) is 44.4 Å². The lowest BCUT2D eigenvalue weighted by molar-refractivity contribution is -0.138. The van der Waals surface area contributed by atoms with Gasteiger partial charge in [-0.25, -0.2) is 0 Å². The number of nitrogens with zero attached hydrogens (tertiary/aromatic N) is 4. The van der Waals surface area contributed by atoms with Crippen LogP contribution in [0.25, 0.3) is 0 Å². The van der Waals surface area contributed by atoms with E-state index in [1.807, 2.05) is 4.68 Å². The first kappa shape index (κ1) is 17.4. The van der Waals surface area contributed by atoms with Gasteiger partial charge in [0.1, 0.15) is 0 Å². The van der Waals surface area contributed by atoms with Crippen molar-refractivity contribution in [2.24, 2.45) is 11.8 Å². The lowest BCUT2D eigenvalue weighted by Crippen LogP contribution is -2.44. The van der Waals surface area contributed by atoms with Gasteiger partial charge in [-0.3, -0.25) is 9.48 Å². The Morgan fingerprint density at radius 1 is 1.21 bits per heavy atom. The Hall–Kier alpha value is -1.39. The van der Waals surface area contributed by atoms with Crippen LogP contribution >= 0.6 is 0 Å². The Morgan fingerprint density at radius 2 is 2.04 bits per heavy atom. The maximum atomic E-state index is 12.8. The molecule has 1 aromatic rings. The van der Waals surface area contributed by atoms with E-state index in [0.29, 0.717) is 17.7 Å². The number of unbranched alkanes of at least 4 members (excludes halogenated alkanes) is 1. The van der Waals surface area contributed by atoms with Crippen LogP contribution < -0.4 is 0 Å². The Morgan fingerprint density at radius 3 is 2.83 bits per heavy atom. The average molecular weight is 332 g/mol. The molecule has 0 spiro atoms. The van der Waals surface area contributed by atoms with Crippen molar-refractivity contribution in [2.45, 2.75) is 77.7 Å². The second kappa shape index (κ2) is 8.63. The highest BCUT2D eigenvalue weighted by Crippen LogP contribution is 2.27. The number of carbonyl (C=O) groups excluding carboxylic acids is 1. The molecule has 0 radical (unpaired) electrons. The molecule has 1 atom stereocenters. The third-order valence-corrected chi connectivity index (χ3v) is 5.60. The molecule has 3 rings (SSSR count). The first-order chi connectivity index (χ1) is 11.8. The Balaban J connectivity index is 1.51. The molecule has 0 unspecified atom stereocenters. The van der Waals surface area contributed by atoms with Crippen molar-refractivity contribution in [3.8, 4) is 0 Å². The van der Waals surface area contributed by atoms with E-state index < -0.39 is 0 Å². The number of hydrogen-bond donors (Lipinski definition) is 0. The van der Waals surface area contributed by atoms with Gasteiger partial charge in [0.25, 0.3) is 0 Å². The summed E-state index contributed by atoms with van der Waals surface area (Å²) in [6.45, 7) is 4.95. The van der Waals surface area contributed by atoms with Crippen molar-refractivity contribution in [1.29, 1.82) is 0 Å². The molecule has 5 nitrogen and oxygen atoms in total. The molecule has 2 fully saturated rings. The van der Waals surface area contributed by atoms with Crippen molar-refractivity contribution in [1.82, 2.24) is 19.9 Å². The van der Waals surface area contributed by atoms with E-state index in [9.17, 15) is 4.79 Å². The van der Waals surface area contributed by atoms with Gasteiger partial charge in [-0.2, -0.15) is 0 Å². The fraction of sp³-hybridized carbons (Fsp3) is 0.842. The summed E-state index contributed by atoms with van der Waals surface area (Å²) in [5.41, 5.74) is 1.10. The molecule has 1 aliphatic heterocycles. The highest BCUT2D eigenvalue weighted by Gasteiger charge is 2.29. The number of carbonyl (C=O) groups is 1. The predicted molar refractivity (Wildman–Crippen MR) is 94.5 cm³/mol. The standard InChI is InChI=1S/C19H32N4O/c1-2-3-11-18-15-23(21-20-18)14-16-8-7-12-22(13-16)19(24)17-9-5-4-6-10-17/h15-17H,2-14H2,1H3/t16-/m0/s1. The summed E-state index contributed by atoms with van der Waals surface area (Å²) in [7, 11) is 0. The minimum Gasteiger partial charge on any atom is -0.342 e. The van der Waals surface area contributed by atoms with E-state index in [1.54, 1.807) is 0 Å². The van der Waals surface area contributed by atoms with Crippen LogP contribution in [0.2, 0.25) is 0 Å². The number of rotatable bonds is 6.